The van der Waals surface area contributed by atoms with Gasteiger partial charge in [-0.25, -0.2) is 0 Å². The van der Waals surface area contributed by atoms with Gasteiger partial charge in [-0.3, -0.25) is 4.79 Å². The van der Waals surface area contributed by atoms with Gasteiger partial charge in [-0.1, -0.05) is 54.6 Å². The molecule has 2 rings (SSSR count). The molecule has 0 aliphatic rings. The van der Waals surface area contributed by atoms with Crippen LogP contribution in [0.2, 0.25) is 0 Å². The molecule has 1 unspecified atom stereocenters. The van der Waals surface area contributed by atoms with Gasteiger partial charge in [-0.05, 0) is 30.0 Å². The summed E-state index contributed by atoms with van der Waals surface area (Å²) in [6.45, 7) is 2.58. The van der Waals surface area contributed by atoms with Crippen LogP contribution in [0.15, 0.2) is 54.6 Å². The van der Waals surface area contributed by atoms with Crippen molar-refractivity contribution in [1.82, 2.24) is 5.32 Å². The molecule has 2 aromatic rings. The van der Waals surface area contributed by atoms with Gasteiger partial charge in [-0.15, -0.1) is 12.4 Å². The highest BCUT2D eigenvalue weighted by Gasteiger charge is 2.04. The minimum atomic E-state index is 0. The van der Waals surface area contributed by atoms with E-state index >= 15 is 0 Å². The minimum absolute atomic E-state index is 0. The summed E-state index contributed by atoms with van der Waals surface area (Å²) in [5.74, 6) is 0.0445. The van der Waals surface area contributed by atoms with Crippen LogP contribution in [-0.2, 0) is 11.2 Å². The third-order valence-electron chi connectivity index (χ3n) is 3.35. The van der Waals surface area contributed by atoms with Crippen molar-refractivity contribution in [2.75, 3.05) is 6.54 Å². The Balaban J connectivity index is 0.00000242. The van der Waals surface area contributed by atoms with Crippen LogP contribution in [0.1, 0.15) is 18.9 Å². The monoisotopic (exact) mass is 318 g/mol. The summed E-state index contributed by atoms with van der Waals surface area (Å²) in [4.78, 5) is 11.8. The first kappa shape index (κ1) is 18.2. The number of nitrogens with one attached hydrogen (secondary N) is 1. The summed E-state index contributed by atoms with van der Waals surface area (Å²) in [7, 11) is 0. The van der Waals surface area contributed by atoms with Gasteiger partial charge in [0.1, 0.15) is 0 Å². The highest BCUT2D eigenvalue weighted by molar-refractivity contribution is 5.85. The first-order chi connectivity index (χ1) is 10.1. The van der Waals surface area contributed by atoms with Gasteiger partial charge in [0.25, 0.3) is 0 Å². The van der Waals surface area contributed by atoms with Crippen molar-refractivity contribution in [3.63, 3.8) is 0 Å². The molecule has 2 aromatic carbocycles. The van der Waals surface area contributed by atoms with Gasteiger partial charge in [0.05, 0.1) is 6.42 Å². The molecule has 3 N–H and O–H groups in total. The zero-order valence-electron chi connectivity index (χ0n) is 12.8. The lowest BCUT2D eigenvalue weighted by Gasteiger charge is -2.08. The molecule has 1 atom stereocenters. The molecule has 1 amide bonds. The molecule has 22 heavy (non-hydrogen) atoms. The van der Waals surface area contributed by atoms with Crippen molar-refractivity contribution < 1.29 is 4.79 Å². The van der Waals surface area contributed by atoms with Crippen LogP contribution in [0.25, 0.3) is 11.1 Å². The predicted molar refractivity (Wildman–Crippen MR) is 94.1 cm³/mol. The third kappa shape index (κ3) is 5.88. The Morgan fingerprint density at radius 2 is 1.64 bits per heavy atom. The van der Waals surface area contributed by atoms with E-state index in [1.807, 2.05) is 37.3 Å². The number of carbonyl (C=O) groups is 1. The van der Waals surface area contributed by atoms with E-state index in [1.54, 1.807) is 0 Å². The van der Waals surface area contributed by atoms with Crippen LogP contribution < -0.4 is 11.1 Å². The maximum absolute atomic E-state index is 11.8. The summed E-state index contributed by atoms with van der Waals surface area (Å²) in [6.07, 6.45) is 1.21. The molecule has 0 fully saturated rings. The van der Waals surface area contributed by atoms with E-state index in [1.165, 1.54) is 5.56 Å². The second kappa shape index (κ2) is 9.23. The third-order valence-corrected chi connectivity index (χ3v) is 3.35. The summed E-state index contributed by atoms with van der Waals surface area (Å²) < 4.78 is 0. The SMILES string of the molecule is CC(N)CCNC(=O)Cc1ccc(-c2ccccc2)cc1.Cl. The van der Waals surface area contributed by atoms with Gasteiger partial charge < -0.3 is 11.1 Å². The second-order valence-electron chi connectivity index (χ2n) is 5.36. The van der Waals surface area contributed by atoms with Gasteiger partial charge in [-0.2, -0.15) is 0 Å². The molecule has 0 spiro atoms. The average Bonchev–Trinajstić information content (AvgIpc) is 2.48. The number of hydrogen-bond acceptors (Lipinski definition) is 2. The quantitative estimate of drug-likeness (QED) is 0.859. The van der Waals surface area contributed by atoms with Crippen LogP contribution in [-0.4, -0.2) is 18.5 Å². The number of halogens is 1. The van der Waals surface area contributed by atoms with Crippen molar-refractivity contribution in [2.45, 2.75) is 25.8 Å². The largest absolute Gasteiger partial charge is 0.356 e. The summed E-state index contributed by atoms with van der Waals surface area (Å²) in [5.41, 5.74) is 9.02. The van der Waals surface area contributed by atoms with Gasteiger partial charge in [0, 0.05) is 12.6 Å². The number of nitrogens with two attached hydrogens (primary N) is 1. The van der Waals surface area contributed by atoms with Crippen molar-refractivity contribution >= 4 is 18.3 Å². The minimum Gasteiger partial charge on any atom is -0.356 e. The normalized spacial score (nSPS) is 11.4. The molecule has 3 nitrogen and oxygen atoms in total. The molecule has 0 radical (unpaired) electrons. The van der Waals surface area contributed by atoms with Gasteiger partial charge in [0.2, 0.25) is 5.91 Å². The lowest BCUT2D eigenvalue weighted by atomic mass is 10.0. The topological polar surface area (TPSA) is 55.1 Å². The molecule has 0 aliphatic carbocycles. The fraction of sp³-hybridized carbons (Fsp3) is 0.278. The van der Waals surface area contributed by atoms with E-state index in [0.29, 0.717) is 13.0 Å². The van der Waals surface area contributed by atoms with Crippen molar-refractivity contribution in [2.24, 2.45) is 5.73 Å². The number of benzene rings is 2. The van der Waals surface area contributed by atoms with Crippen LogP contribution in [0.3, 0.4) is 0 Å². The van der Waals surface area contributed by atoms with Crippen LogP contribution in [0.5, 0.6) is 0 Å². The first-order valence-electron chi connectivity index (χ1n) is 7.32. The standard InChI is InChI=1S/C18H22N2O.ClH/c1-14(19)11-12-20-18(21)13-15-7-9-17(10-8-15)16-5-3-2-4-6-16;/h2-10,14H,11-13,19H2,1H3,(H,20,21);1H. The van der Waals surface area contributed by atoms with E-state index in [9.17, 15) is 4.79 Å². The van der Waals surface area contributed by atoms with Crippen molar-refractivity contribution in [3.05, 3.63) is 60.2 Å². The molecule has 0 bridgehead atoms. The maximum Gasteiger partial charge on any atom is 0.224 e. The number of carbonyl (C=O) groups excluding carboxylic acids is 1. The summed E-state index contributed by atoms with van der Waals surface area (Å²) in [6, 6.07) is 18.5. The summed E-state index contributed by atoms with van der Waals surface area (Å²) >= 11 is 0. The van der Waals surface area contributed by atoms with Gasteiger partial charge >= 0.3 is 0 Å². The Kier molecular flexibility index (Phi) is 7.64. The molecule has 118 valence electrons. The second-order valence-corrected chi connectivity index (χ2v) is 5.36. The Bertz CT molecular complexity index is 567. The number of hydrogen-bond donors (Lipinski definition) is 2. The molecular weight excluding hydrogens is 296 g/mol. The Morgan fingerprint density at radius 3 is 2.23 bits per heavy atom. The van der Waals surface area contributed by atoms with Crippen LogP contribution in [0.4, 0.5) is 0 Å². The first-order valence-corrected chi connectivity index (χ1v) is 7.32. The van der Waals surface area contributed by atoms with E-state index in [2.05, 4.69) is 29.6 Å². The summed E-state index contributed by atoms with van der Waals surface area (Å²) in [5, 5.41) is 2.89. The van der Waals surface area contributed by atoms with Crippen LogP contribution in [0, 0.1) is 0 Å². The number of rotatable bonds is 6. The fourth-order valence-electron chi connectivity index (χ4n) is 2.13. The average molecular weight is 319 g/mol. The molecular formula is C18H23ClN2O. The highest BCUT2D eigenvalue weighted by atomic mass is 35.5. The van der Waals surface area contributed by atoms with E-state index < -0.39 is 0 Å². The molecule has 0 aliphatic heterocycles. The Morgan fingerprint density at radius 1 is 1.05 bits per heavy atom. The van der Waals surface area contributed by atoms with Crippen LogP contribution >= 0.6 is 12.4 Å². The van der Waals surface area contributed by atoms with E-state index in [4.69, 9.17) is 5.73 Å². The number of amides is 1. The van der Waals surface area contributed by atoms with E-state index in [0.717, 1.165) is 17.5 Å². The zero-order chi connectivity index (χ0) is 15.1. The molecule has 0 saturated carbocycles. The fourth-order valence-corrected chi connectivity index (χ4v) is 2.13. The predicted octanol–water partition coefficient (Wildman–Crippen LogP) is 3.17. The molecule has 4 heteroatoms. The lowest BCUT2D eigenvalue weighted by molar-refractivity contribution is -0.120. The van der Waals surface area contributed by atoms with E-state index in [-0.39, 0.29) is 24.4 Å². The molecule has 0 heterocycles. The van der Waals surface area contributed by atoms with Crippen molar-refractivity contribution in [3.8, 4) is 11.1 Å². The highest BCUT2D eigenvalue weighted by Crippen LogP contribution is 2.19. The maximum atomic E-state index is 11.8. The Hall–Kier alpha value is -1.84. The molecule has 0 aromatic heterocycles. The Labute approximate surface area is 138 Å². The molecule has 0 saturated heterocycles. The smallest absolute Gasteiger partial charge is 0.224 e. The van der Waals surface area contributed by atoms with Crippen molar-refractivity contribution in [1.29, 1.82) is 0 Å². The lowest BCUT2D eigenvalue weighted by Crippen LogP contribution is -2.29. The zero-order valence-corrected chi connectivity index (χ0v) is 13.6. The van der Waals surface area contributed by atoms with Gasteiger partial charge in [0.15, 0.2) is 0 Å².